The van der Waals surface area contributed by atoms with Gasteiger partial charge in [-0.05, 0) is 48.6 Å². The van der Waals surface area contributed by atoms with Gasteiger partial charge >= 0.3 is 0 Å². The van der Waals surface area contributed by atoms with E-state index < -0.39 is 11.6 Å². The lowest BCUT2D eigenvalue weighted by Gasteiger charge is -2.24. The quantitative estimate of drug-likeness (QED) is 0.729. The number of thioether (sulfide) groups is 1. The average molecular weight is 374 g/mol. The maximum Gasteiger partial charge on any atom is 0.165 e. The molecule has 0 atom stereocenters. The number of hydrogen-bond acceptors (Lipinski definition) is 4. The van der Waals surface area contributed by atoms with Crippen LogP contribution < -0.4 is 9.64 Å². The van der Waals surface area contributed by atoms with Crippen molar-refractivity contribution in [1.29, 1.82) is 0 Å². The monoisotopic (exact) mass is 374 g/mol. The minimum absolute atomic E-state index is 0.176. The molecule has 0 aliphatic carbocycles. The predicted molar refractivity (Wildman–Crippen MR) is 104 cm³/mol. The average Bonchev–Trinajstić information content (AvgIpc) is 2.61. The van der Waals surface area contributed by atoms with E-state index in [0.717, 1.165) is 17.0 Å². The van der Waals surface area contributed by atoms with Gasteiger partial charge in [0.15, 0.2) is 5.83 Å². The normalized spacial score (nSPS) is 14.1. The van der Waals surface area contributed by atoms with Crippen LogP contribution in [0.1, 0.15) is 16.7 Å². The Morgan fingerprint density at radius 3 is 2.69 bits per heavy atom. The molecule has 26 heavy (non-hydrogen) atoms. The highest BCUT2D eigenvalue weighted by molar-refractivity contribution is 7.97. The van der Waals surface area contributed by atoms with Crippen LogP contribution in [0.4, 0.5) is 14.5 Å². The first-order valence-electron chi connectivity index (χ1n) is 8.14. The van der Waals surface area contributed by atoms with E-state index in [-0.39, 0.29) is 18.1 Å². The number of methoxy groups -OCH3 is 1. The fraction of sp³-hybridized carbons (Fsp3) is 0.250. The van der Waals surface area contributed by atoms with Crippen molar-refractivity contribution in [3.8, 4) is 5.75 Å². The van der Waals surface area contributed by atoms with Gasteiger partial charge < -0.3 is 9.64 Å². The summed E-state index contributed by atoms with van der Waals surface area (Å²) in [7, 11) is 1.43. The Morgan fingerprint density at radius 2 is 2.00 bits per heavy atom. The number of halogens is 2. The van der Waals surface area contributed by atoms with E-state index in [1.807, 2.05) is 19.1 Å². The van der Waals surface area contributed by atoms with Crippen molar-refractivity contribution in [3.05, 3.63) is 70.9 Å². The van der Waals surface area contributed by atoms with Crippen LogP contribution in [0.2, 0.25) is 0 Å². The maximum absolute atomic E-state index is 14.8. The highest BCUT2D eigenvalue weighted by Crippen LogP contribution is 2.29. The second-order valence-corrected chi connectivity index (χ2v) is 6.92. The van der Waals surface area contributed by atoms with Crippen molar-refractivity contribution in [1.82, 2.24) is 0 Å². The number of hydrogen-bond donors (Lipinski definition) is 0. The molecule has 6 heteroatoms. The van der Waals surface area contributed by atoms with Gasteiger partial charge in [0.1, 0.15) is 23.9 Å². The van der Waals surface area contributed by atoms with Crippen LogP contribution in [-0.4, -0.2) is 25.7 Å². The van der Waals surface area contributed by atoms with Crippen LogP contribution in [0.15, 0.2) is 53.4 Å². The molecule has 136 valence electrons. The van der Waals surface area contributed by atoms with E-state index in [9.17, 15) is 8.78 Å². The number of ether oxygens (including phenoxy) is 1. The maximum atomic E-state index is 14.8. The first kappa shape index (κ1) is 18.5. The highest BCUT2D eigenvalue weighted by Gasteiger charge is 2.21. The summed E-state index contributed by atoms with van der Waals surface area (Å²) in [6.45, 7) is 2.31. The molecule has 0 saturated heterocycles. The van der Waals surface area contributed by atoms with Crippen LogP contribution in [0.3, 0.4) is 0 Å². The third-order valence-corrected chi connectivity index (χ3v) is 4.68. The molecule has 1 aliphatic heterocycles. The van der Waals surface area contributed by atoms with Crippen molar-refractivity contribution >= 4 is 23.2 Å². The second kappa shape index (κ2) is 7.91. The third kappa shape index (κ3) is 3.90. The first-order valence-corrected chi connectivity index (χ1v) is 9.53. The Bertz CT molecular complexity index is 880. The van der Waals surface area contributed by atoms with E-state index in [4.69, 9.17) is 4.74 Å². The molecule has 1 aliphatic rings. The summed E-state index contributed by atoms with van der Waals surface area (Å²) in [5.74, 6) is 0.248. The molecule has 0 fully saturated rings. The summed E-state index contributed by atoms with van der Waals surface area (Å²) in [5, 5.41) is 0. The van der Waals surface area contributed by atoms with Crippen molar-refractivity contribution in [2.45, 2.75) is 12.7 Å². The lowest BCUT2D eigenvalue weighted by molar-refractivity contribution is 0.410. The summed E-state index contributed by atoms with van der Waals surface area (Å²) < 4.78 is 33.3. The van der Waals surface area contributed by atoms with Crippen molar-refractivity contribution in [2.24, 2.45) is 4.99 Å². The largest absolute Gasteiger partial charge is 0.496 e. The van der Waals surface area contributed by atoms with Crippen LogP contribution in [0.5, 0.6) is 5.75 Å². The third-order valence-electron chi connectivity index (χ3n) is 4.06. The number of aryl methyl sites for hydroxylation is 1. The van der Waals surface area contributed by atoms with Gasteiger partial charge in [0, 0.05) is 29.3 Å². The molecule has 0 bridgehead atoms. The topological polar surface area (TPSA) is 24.8 Å². The SMILES string of the molecule is COc1cc(F)ccc1C1=NCN(c2cc(C)cc(CSC)c2)C=C1F. The van der Waals surface area contributed by atoms with E-state index in [1.54, 1.807) is 16.7 Å². The lowest BCUT2D eigenvalue weighted by atomic mass is 10.1. The molecule has 0 spiro atoms. The minimum Gasteiger partial charge on any atom is -0.496 e. The number of rotatable bonds is 5. The highest BCUT2D eigenvalue weighted by atomic mass is 32.2. The molecule has 2 aromatic rings. The van der Waals surface area contributed by atoms with Gasteiger partial charge in [-0.1, -0.05) is 6.07 Å². The second-order valence-electron chi connectivity index (χ2n) is 6.05. The van der Waals surface area contributed by atoms with E-state index in [1.165, 1.54) is 37.1 Å². The minimum atomic E-state index is -0.478. The zero-order valence-corrected chi connectivity index (χ0v) is 15.7. The fourth-order valence-electron chi connectivity index (χ4n) is 2.95. The fourth-order valence-corrected chi connectivity index (χ4v) is 3.45. The molecule has 0 radical (unpaired) electrons. The molecule has 0 N–H and O–H groups in total. The van der Waals surface area contributed by atoms with E-state index in [0.29, 0.717) is 5.56 Å². The van der Waals surface area contributed by atoms with Crippen LogP contribution in [-0.2, 0) is 5.75 Å². The summed E-state index contributed by atoms with van der Waals surface area (Å²) in [6.07, 6.45) is 3.48. The number of aliphatic imine (C=N–C) groups is 1. The number of nitrogens with zero attached hydrogens (tertiary/aromatic N) is 2. The van der Waals surface area contributed by atoms with Gasteiger partial charge in [-0.3, -0.25) is 4.99 Å². The molecule has 0 amide bonds. The van der Waals surface area contributed by atoms with Crippen molar-refractivity contribution in [2.75, 3.05) is 24.9 Å². The smallest absolute Gasteiger partial charge is 0.165 e. The Labute approximate surface area is 156 Å². The van der Waals surface area contributed by atoms with Crippen molar-refractivity contribution in [3.63, 3.8) is 0 Å². The Hall–Kier alpha value is -2.34. The molecule has 1 heterocycles. The predicted octanol–water partition coefficient (Wildman–Crippen LogP) is 5.08. The molecule has 0 saturated carbocycles. The molecule has 3 nitrogen and oxygen atoms in total. The van der Waals surface area contributed by atoms with Gasteiger partial charge in [-0.15, -0.1) is 0 Å². The van der Waals surface area contributed by atoms with Crippen LogP contribution >= 0.6 is 11.8 Å². The molecule has 3 rings (SSSR count). The van der Waals surface area contributed by atoms with Crippen LogP contribution in [0, 0.1) is 12.7 Å². The molecule has 0 unspecified atom stereocenters. The van der Waals surface area contributed by atoms with Gasteiger partial charge in [0.25, 0.3) is 0 Å². The summed E-state index contributed by atoms with van der Waals surface area (Å²) >= 11 is 1.74. The molecule has 2 aromatic carbocycles. The Kier molecular flexibility index (Phi) is 5.61. The Morgan fingerprint density at radius 1 is 1.19 bits per heavy atom. The summed E-state index contributed by atoms with van der Waals surface area (Å²) in [6, 6.07) is 10.2. The lowest BCUT2D eigenvalue weighted by Crippen LogP contribution is -2.24. The van der Waals surface area contributed by atoms with E-state index in [2.05, 4.69) is 17.3 Å². The van der Waals surface area contributed by atoms with E-state index >= 15 is 0 Å². The molecule has 0 aromatic heterocycles. The number of allylic oxidation sites excluding steroid dienone is 1. The molecular formula is C20H20F2N2OS. The van der Waals surface area contributed by atoms with Crippen LogP contribution in [0.25, 0.3) is 0 Å². The summed E-state index contributed by atoms with van der Waals surface area (Å²) in [4.78, 5) is 6.14. The standard InChI is InChI=1S/C20H20F2N2OS/c1-13-6-14(11-26-3)8-16(7-13)24-10-18(22)20(23-12-24)17-5-4-15(21)9-19(17)25-2/h4-10H,11-12H2,1-3H3. The van der Waals surface area contributed by atoms with Gasteiger partial charge in [0.2, 0.25) is 0 Å². The van der Waals surface area contributed by atoms with Crippen molar-refractivity contribution < 1.29 is 13.5 Å². The van der Waals surface area contributed by atoms with Gasteiger partial charge in [0.05, 0.1) is 7.11 Å². The zero-order chi connectivity index (χ0) is 18.7. The summed E-state index contributed by atoms with van der Waals surface area (Å²) in [5.41, 5.74) is 3.83. The molecular weight excluding hydrogens is 354 g/mol. The Balaban J connectivity index is 1.90. The zero-order valence-electron chi connectivity index (χ0n) is 14.9. The number of benzene rings is 2. The number of anilines is 1. The first-order chi connectivity index (χ1) is 12.5. The van der Waals surface area contributed by atoms with Gasteiger partial charge in [-0.2, -0.15) is 11.8 Å². The van der Waals surface area contributed by atoms with Gasteiger partial charge in [-0.25, -0.2) is 8.78 Å².